The molecular formula is C29H29N3O4. The minimum atomic E-state index is -0.565. The Morgan fingerprint density at radius 2 is 2.03 bits per heavy atom. The van der Waals surface area contributed by atoms with Gasteiger partial charge < -0.3 is 14.6 Å². The Morgan fingerprint density at radius 3 is 2.83 bits per heavy atom. The van der Waals surface area contributed by atoms with Crippen molar-refractivity contribution in [3.8, 4) is 0 Å². The van der Waals surface area contributed by atoms with Crippen LogP contribution in [-0.2, 0) is 16.0 Å². The summed E-state index contributed by atoms with van der Waals surface area (Å²) >= 11 is 0. The van der Waals surface area contributed by atoms with Crippen LogP contribution in [0.2, 0.25) is 0 Å². The first-order valence-electron chi connectivity index (χ1n) is 12.8. The number of aromatic amines is 1. The van der Waals surface area contributed by atoms with Gasteiger partial charge in [-0.3, -0.25) is 14.5 Å². The number of carbonyl (C=O) groups is 3. The highest BCUT2D eigenvalue weighted by Crippen LogP contribution is 2.71. The van der Waals surface area contributed by atoms with E-state index in [1.165, 1.54) is 0 Å². The maximum Gasteiger partial charge on any atom is 0.414 e. The average Bonchev–Trinajstić information content (AvgIpc) is 3.17. The maximum absolute atomic E-state index is 13.8. The molecule has 5 aliphatic rings. The molecule has 7 rings (SSSR count). The number of ether oxygens (including phenoxy) is 1. The smallest absolute Gasteiger partial charge is 0.414 e. The normalized spacial score (nSPS) is 27.8. The number of ketones is 1. The summed E-state index contributed by atoms with van der Waals surface area (Å²) in [6, 6.07) is 5.75. The third-order valence-electron chi connectivity index (χ3n) is 8.42. The van der Waals surface area contributed by atoms with Crippen molar-refractivity contribution in [2.45, 2.75) is 45.6 Å². The summed E-state index contributed by atoms with van der Waals surface area (Å²) in [6.07, 6.45) is 10.3. The fourth-order valence-corrected chi connectivity index (χ4v) is 6.84. The van der Waals surface area contributed by atoms with Crippen LogP contribution in [0.3, 0.4) is 0 Å². The van der Waals surface area contributed by atoms with Crippen molar-refractivity contribution in [1.82, 2.24) is 9.88 Å². The van der Waals surface area contributed by atoms with E-state index in [1.807, 2.05) is 49.9 Å². The molecule has 2 aromatic rings. The fraction of sp³-hybridized carbons (Fsp3) is 0.414. The van der Waals surface area contributed by atoms with Gasteiger partial charge in [-0.05, 0) is 69.7 Å². The summed E-state index contributed by atoms with van der Waals surface area (Å²) in [5.41, 5.74) is 4.38. The lowest BCUT2D eigenvalue weighted by atomic mass is 9.72. The average molecular weight is 484 g/mol. The second kappa shape index (κ2) is 6.99. The number of nitrogens with one attached hydrogen (secondary N) is 1. The van der Waals surface area contributed by atoms with Gasteiger partial charge in [0.1, 0.15) is 11.3 Å². The van der Waals surface area contributed by atoms with Gasteiger partial charge in [-0.15, -0.1) is 0 Å². The van der Waals surface area contributed by atoms with E-state index in [0.717, 1.165) is 46.3 Å². The van der Waals surface area contributed by atoms with Gasteiger partial charge in [-0.25, -0.2) is 4.79 Å². The predicted molar refractivity (Wildman–Crippen MR) is 136 cm³/mol. The number of aromatic nitrogens is 1. The van der Waals surface area contributed by atoms with Crippen LogP contribution in [0.5, 0.6) is 0 Å². The molecule has 0 bridgehead atoms. The van der Waals surface area contributed by atoms with Crippen molar-refractivity contribution in [1.29, 1.82) is 0 Å². The van der Waals surface area contributed by atoms with E-state index in [0.29, 0.717) is 31.1 Å². The van der Waals surface area contributed by atoms with Gasteiger partial charge in [0.05, 0.1) is 5.69 Å². The van der Waals surface area contributed by atoms with Gasteiger partial charge in [0.15, 0.2) is 5.78 Å². The lowest BCUT2D eigenvalue weighted by Gasteiger charge is -2.34. The second-order valence-electron chi connectivity index (χ2n) is 11.6. The van der Waals surface area contributed by atoms with Crippen LogP contribution >= 0.6 is 0 Å². The number of anilines is 1. The number of hydrogen-bond acceptors (Lipinski definition) is 4. The molecule has 3 aliphatic carbocycles. The van der Waals surface area contributed by atoms with Crippen LogP contribution in [0.15, 0.2) is 53.8 Å². The molecule has 184 valence electrons. The molecule has 1 spiro atoms. The Morgan fingerprint density at radius 1 is 1.19 bits per heavy atom. The monoisotopic (exact) mass is 483 g/mol. The standard InChI is InChI=1S/C29H29N3O4/c1-28(2,3)36-27(35)31-11-10-17-19-12-22(30-21(19)8-9-23(17)31)26(34)32-15-16-14-29(16)20-7-5-4-6-18(20)24(33)13-25(29)32/h5-9,12-13,16,20,30H,4,10-11,14-15H2,1-3H3. The van der Waals surface area contributed by atoms with Crippen LogP contribution in [0.4, 0.5) is 10.5 Å². The minimum absolute atomic E-state index is 0.0343. The number of rotatable bonds is 1. The van der Waals surface area contributed by atoms with Gasteiger partial charge >= 0.3 is 6.09 Å². The number of amides is 2. The molecule has 2 fully saturated rings. The molecule has 1 aromatic heterocycles. The third kappa shape index (κ3) is 2.88. The first kappa shape index (κ1) is 21.7. The maximum atomic E-state index is 13.8. The Balaban J connectivity index is 1.21. The Kier molecular flexibility index (Phi) is 4.21. The van der Waals surface area contributed by atoms with E-state index in [9.17, 15) is 14.4 Å². The zero-order valence-electron chi connectivity index (χ0n) is 20.8. The quantitative estimate of drug-likeness (QED) is 0.585. The van der Waals surface area contributed by atoms with Gasteiger partial charge in [0.25, 0.3) is 5.91 Å². The highest BCUT2D eigenvalue weighted by molar-refractivity contribution is 6.09. The topological polar surface area (TPSA) is 82.7 Å². The fourth-order valence-electron chi connectivity index (χ4n) is 6.84. The predicted octanol–water partition coefficient (Wildman–Crippen LogP) is 4.90. The van der Waals surface area contributed by atoms with Crippen LogP contribution < -0.4 is 4.90 Å². The molecule has 1 aromatic carbocycles. The summed E-state index contributed by atoms with van der Waals surface area (Å²) < 4.78 is 5.59. The molecule has 1 saturated heterocycles. The summed E-state index contributed by atoms with van der Waals surface area (Å²) in [6.45, 7) is 6.78. The van der Waals surface area contributed by atoms with Crippen LogP contribution in [-0.4, -0.2) is 46.4 Å². The van der Waals surface area contributed by atoms with Crippen molar-refractivity contribution in [2.24, 2.45) is 17.3 Å². The molecule has 7 nitrogen and oxygen atoms in total. The van der Waals surface area contributed by atoms with Gasteiger partial charge in [-0.1, -0.05) is 18.2 Å². The first-order valence-corrected chi connectivity index (χ1v) is 12.8. The summed E-state index contributed by atoms with van der Waals surface area (Å²) in [4.78, 5) is 46.2. The molecule has 3 heterocycles. The lowest BCUT2D eigenvalue weighted by molar-refractivity contribution is -0.112. The molecule has 1 N–H and O–H groups in total. The number of piperidine rings is 1. The van der Waals surface area contributed by atoms with Crippen LogP contribution in [0, 0.1) is 17.3 Å². The van der Waals surface area contributed by atoms with Crippen molar-refractivity contribution >= 4 is 34.4 Å². The Bertz CT molecular complexity index is 1470. The summed E-state index contributed by atoms with van der Waals surface area (Å²) in [7, 11) is 0. The third-order valence-corrected chi connectivity index (χ3v) is 8.42. The van der Waals surface area contributed by atoms with E-state index in [2.05, 4.69) is 17.1 Å². The number of carbonyl (C=O) groups excluding carboxylic acids is 3. The molecule has 0 radical (unpaired) electrons. The SMILES string of the molecule is CC(C)(C)OC(=O)N1CCc2c1ccc1[nH]c(C(=O)N3CC4CC45C3=CC(=O)C3=CCC=CC35)cc21. The Hall–Kier alpha value is -3.61. The van der Waals surface area contributed by atoms with Crippen LogP contribution in [0.1, 0.15) is 49.7 Å². The lowest BCUT2D eigenvalue weighted by Crippen LogP contribution is -2.36. The zero-order chi connectivity index (χ0) is 25.0. The van der Waals surface area contributed by atoms with Crippen molar-refractivity contribution in [3.63, 3.8) is 0 Å². The van der Waals surface area contributed by atoms with Gasteiger partial charge in [0, 0.05) is 52.7 Å². The van der Waals surface area contributed by atoms with Gasteiger partial charge in [0.2, 0.25) is 0 Å². The van der Waals surface area contributed by atoms with E-state index in [4.69, 9.17) is 4.74 Å². The van der Waals surface area contributed by atoms with E-state index < -0.39 is 5.60 Å². The number of H-pyrrole nitrogens is 1. The molecule has 7 heteroatoms. The van der Waals surface area contributed by atoms with E-state index >= 15 is 0 Å². The molecule has 3 unspecified atom stereocenters. The first-order chi connectivity index (χ1) is 17.2. The number of hydrogen-bond donors (Lipinski definition) is 1. The van der Waals surface area contributed by atoms with Crippen molar-refractivity contribution < 1.29 is 19.1 Å². The van der Waals surface area contributed by atoms with E-state index in [-0.39, 0.29) is 29.1 Å². The molecule has 36 heavy (non-hydrogen) atoms. The number of likely N-dealkylation sites (tertiary alicyclic amines) is 1. The Labute approximate surface area is 209 Å². The molecule has 2 amide bonds. The summed E-state index contributed by atoms with van der Waals surface area (Å²) in [5.74, 6) is 0.422. The van der Waals surface area contributed by atoms with Gasteiger partial charge in [-0.2, -0.15) is 0 Å². The molecule has 1 saturated carbocycles. The highest BCUT2D eigenvalue weighted by Gasteiger charge is 2.69. The number of allylic oxidation sites excluding steroid dienone is 6. The van der Waals surface area contributed by atoms with E-state index in [1.54, 1.807) is 11.0 Å². The molecule has 2 aliphatic heterocycles. The second-order valence-corrected chi connectivity index (χ2v) is 11.6. The summed E-state index contributed by atoms with van der Waals surface area (Å²) in [5, 5.41) is 0.954. The number of nitrogens with zero attached hydrogens (tertiary/aromatic N) is 2. The number of benzene rings is 1. The molecule has 3 atom stereocenters. The highest BCUT2D eigenvalue weighted by atomic mass is 16.6. The number of fused-ring (bicyclic) bond motifs is 4. The minimum Gasteiger partial charge on any atom is -0.443 e. The molecular weight excluding hydrogens is 454 g/mol. The zero-order valence-corrected chi connectivity index (χ0v) is 20.8. The van der Waals surface area contributed by atoms with Crippen LogP contribution in [0.25, 0.3) is 10.9 Å². The van der Waals surface area contributed by atoms with Crippen molar-refractivity contribution in [3.05, 3.63) is 65.0 Å². The van der Waals surface area contributed by atoms with Crippen molar-refractivity contribution in [2.75, 3.05) is 18.0 Å². The largest absolute Gasteiger partial charge is 0.443 e.